The molecular formula is C31H29N3NiO5. The molecule has 9 heteroatoms. The van der Waals surface area contributed by atoms with Crippen LogP contribution in [0.2, 0.25) is 0 Å². The second-order valence-electron chi connectivity index (χ2n) is 8.62. The molecular weight excluding hydrogens is 553 g/mol. The Bertz CT molecular complexity index is 1330. The van der Waals surface area contributed by atoms with E-state index in [2.05, 4.69) is 9.98 Å². The van der Waals surface area contributed by atoms with E-state index in [9.17, 15) is 25.2 Å². The van der Waals surface area contributed by atoms with Crippen molar-refractivity contribution >= 4 is 17.8 Å². The van der Waals surface area contributed by atoms with Gasteiger partial charge in [-0.25, -0.2) is 0 Å². The van der Waals surface area contributed by atoms with E-state index < -0.39 is 0 Å². The van der Waals surface area contributed by atoms with Gasteiger partial charge in [0.15, 0.2) is 0 Å². The maximum absolute atomic E-state index is 12.5. The molecule has 4 aromatic carbocycles. The van der Waals surface area contributed by atoms with Crippen molar-refractivity contribution in [1.82, 2.24) is 4.90 Å². The summed E-state index contributed by atoms with van der Waals surface area (Å²) in [7, 11) is 3.38. The van der Waals surface area contributed by atoms with Gasteiger partial charge in [-0.1, -0.05) is 60.0 Å². The summed E-state index contributed by atoms with van der Waals surface area (Å²) in [6, 6.07) is 26.3. The van der Waals surface area contributed by atoms with Crippen LogP contribution in [0, 0.1) is 0 Å². The Balaban J connectivity index is 0.000000858. The predicted molar refractivity (Wildman–Crippen MR) is 149 cm³/mol. The first-order valence-corrected chi connectivity index (χ1v) is 12.1. The van der Waals surface area contributed by atoms with Crippen molar-refractivity contribution in [3.63, 3.8) is 0 Å². The Morgan fingerprint density at radius 2 is 1.00 bits per heavy atom. The van der Waals surface area contributed by atoms with Gasteiger partial charge in [-0.05, 0) is 59.7 Å². The topological polar surface area (TPSA) is 132 Å². The molecule has 0 heterocycles. The van der Waals surface area contributed by atoms with Crippen LogP contribution < -0.4 is 10.2 Å². The number of nitrogens with zero attached hydrogens (tertiary/aromatic N) is 3. The van der Waals surface area contributed by atoms with Gasteiger partial charge >= 0.3 is 16.5 Å². The summed E-state index contributed by atoms with van der Waals surface area (Å²) in [4.78, 5) is 20.2. The smallest absolute Gasteiger partial charge is 0.872 e. The number of phenols is 2. The standard InChI is InChI=1S/C28H24N2O4.C3H7NO.Ni/c31-21-13-9-19(10-14-21)27(23-5-1-3-7-25(23)33)29-17-18-30-28(20-11-15-22(32)16-12-20)24-6-2-4-8-26(24)34;1-4(2)3-5;/h1-16,31-34H,17-18H2;3H,1-2H3;/q;;+2/p-2. The third-order valence-corrected chi connectivity index (χ3v) is 5.42. The number of aromatic hydroxyl groups is 2. The van der Waals surface area contributed by atoms with Gasteiger partial charge in [-0.2, -0.15) is 0 Å². The minimum atomic E-state index is -0.150. The SMILES string of the molecule is CN(C)C=O.[Ni+2].[O-]c1ccccc1C(=NCCN=C(c1ccc(O)cc1)c1ccccc1[O-])c1ccc(O)cc1. The molecule has 1 amide bonds. The fourth-order valence-electron chi connectivity index (χ4n) is 3.55. The molecule has 8 nitrogen and oxygen atoms in total. The number of para-hydroxylation sites is 2. The quantitative estimate of drug-likeness (QED) is 0.143. The Hall–Kier alpha value is -4.62. The predicted octanol–water partition coefficient (Wildman–Crippen LogP) is 3.32. The number of phenolic OH excluding ortho intramolecular Hbond substituents is 2. The number of aliphatic imine (C=N–C) groups is 2. The van der Waals surface area contributed by atoms with Crippen LogP contribution in [0.25, 0.3) is 0 Å². The number of amides is 1. The van der Waals surface area contributed by atoms with E-state index in [-0.39, 0.29) is 52.6 Å². The molecule has 0 aromatic heterocycles. The van der Waals surface area contributed by atoms with Crippen LogP contribution in [0.1, 0.15) is 22.3 Å². The van der Waals surface area contributed by atoms with Gasteiger partial charge in [0.25, 0.3) is 0 Å². The third kappa shape index (κ3) is 9.00. The molecule has 0 atom stereocenters. The molecule has 4 rings (SSSR count). The maximum Gasteiger partial charge on any atom is 2.00 e. The van der Waals surface area contributed by atoms with E-state index in [0.717, 1.165) is 6.41 Å². The Labute approximate surface area is 243 Å². The number of hydrogen-bond acceptors (Lipinski definition) is 7. The molecule has 0 aliphatic rings. The van der Waals surface area contributed by atoms with Gasteiger partial charge in [-0.3, -0.25) is 14.8 Å². The zero-order chi connectivity index (χ0) is 28.2. The van der Waals surface area contributed by atoms with Crippen molar-refractivity contribution in [3.05, 3.63) is 119 Å². The molecule has 0 bridgehead atoms. The van der Waals surface area contributed by atoms with Gasteiger partial charge < -0.3 is 25.3 Å². The van der Waals surface area contributed by atoms with Gasteiger partial charge in [0, 0.05) is 25.2 Å². The maximum atomic E-state index is 12.5. The van der Waals surface area contributed by atoms with E-state index in [1.165, 1.54) is 17.0 Å². The average molecular weight is 582 g/mol. The summed E-state index contributed by atoms with van der Waals surface area (Å²) in [5, 5.41) is 44.2. The number of carbonyl (C=O) groups is 1. The second kappa shape index (κ2) is 15.7. The van der Waals surface area contributed by atoms with Crippen LogP contribution >= 0.6 is 0 Å². The van der Waals surface area contributed by atoms with Crippen molar-refractivity contribution in [1.29, 1.82) is 0 Å². The average Bonchev–Trinajstić information content (AvgIpc) is 2.94. The summed E-state index contributed by atoms with van der Waals surface area (Å²) in [5.74, 6) is -0.0540. The molecule has 0 saturated heterocycles. The van der Waals surface area contributed by atoms with Gasteiger partial charge in [0.2, 0.25) is 6.41 Å². The number of carbonyl (C=O) groups excluding carboxylic acids is 1. The third-order valence-electron chi connectivity index (χ3n) is 5.42. The summed E-state index contributed by atoms with van der Waals surface area (Å²) in [6.45, 7) is 0.542. The summed E-state index contributed by atoms with van der Waals surface area (Å²) >= 11 is 0. The molecule has 0 aliphatic heterocycles. The monoisotopic (exact) mass is 581 g/mol. The van der Waals surface area contributed by atoms with Crippen LogP contribution in [0.5, 0.6) is 23.0 Å². The molecule has 4 aromatic rings. The Kier molecular flexibility index (Phi) is 12.4. The number of hydrogen-bond donors (Lipinski definition) is 2. The summed E-state index contributed by atoms with van der Waals surface area (Å²) in [6.07, 6.45) is 0.750. The van der Waals surface area contributed by atoms with Crippen molar-refractivity contribution < 1.29 is 41.7 Å². The summed E-state index contributed by atoms with van der Waals surface area (Å²) in [5.41, 5.74) is 3.34. The first-order chi connectivity index (χ1) is 18.8. The fraction of sp³-hybridized carbons (Fsp3) is 0.129. The number of rotatable bonds is 8. The van der Waals surface area contributed by atoms with E-state index in [1.807, 2.05) is 0 Å². The van der Waals surface area contributed by atoms with Crippen LogP contribution in [0.3, 0.4) is 0 Å². The second-order valence-corrected chi connectivity index (χ2v) is 8.62. The molecule has 0 saturated carbocycles. The minimum absolute atomic E-state index is 0. The van der Waals surface area contributed by atoms with Crippen molar-refractivity contribution in [3.8, 4) is 23.0 Å². The van der Waals surface area contributed by atoms with Crippen LogP contribution in [-0.2, 0) is 21.3 Å². The zero-order valence-corrected chi connectivity index (χ0v) is 23.0. The van der Waals surface area contributed by atoms with Crippen molar-refractivity contribution in [2.45, 2.75) is 0 Å². The molecule has 0 unspecified atom stereocenters. The zero-order valence-electron chi connectivity index (χ0n) is 22.0. The molecule has 2 N–H and O–H groups in total. The molecule has 0 aliphatic carbocycles. The van der Waals surface area contributed by atoms with E-state index in [1.54, 1.807) is 99.0 Å². The molecule has 0 fully saturated rings. The Morgan fingerprint density at radius 1 is 0.675 bits per heavy atom. The van der Waals surface area contributed by atoms with Crippen molar-refractivity contribution in [2.24, 2.45) is 9.98 Å². The van der Waals surface area contributed by atoms with E-state index in [4.69, 9.17) is 0 Å². The first kappa shape index (κ1) is 31.6. The molecule has 0 spiro atoms. The minimum Gasteiger partial charge on any atom is -0.872 e. The molecule has 208 valence electrons. The molecule has 40 heavy (non-hydrogen) atoms. The van der Waals surface area contributed by atoms with Gasteiger partial charge in [0.05, 0.1) is 24.5 Å². The van der Waals surface area contributed by atoms with E-state index >= 15 is 0 Å². The van der Waals surface area contributed by atoms with Crippen LogP contribution in [-0.4, -0.2) is 60.1 Å². The van der Waals surface area contributed by atoms with Crippen LogP contribution in [0.4, 0.5) is 0 Å². The largest absolute Gasteiger partial charge is 2.00 e. The first-order valence-electron chi connectivity index (χ1n) is 12.1. The molecule has 0 radical (unpaired) electrons. The van der Waals surface area contributed by atoms with Gasteiger partial charge in [-0.15, -0.1) is 0 Å². The Morgan fingerprint density at radius 3 is 1.30 bits per heavy atom. The fourth-order valence-corrected chi connectivity index (χ4v) is 3.55. The van der Waals surface area contributed by atoms with Crippen molar-refractivity contribution in [2.75, 3.05) is 27.2 Å². The van der Waals surface area contributed by atoms with Gasteiger partial charge in [0.1, 0.15) is 11.5 Å². The van der Waals surface area contributed by atoms with E-state index in [0.29, 0.717) is 33.7 Å². The number of benzene rings is 4. The van der Waals surface area contributed by atoms with Crippen LogP contribution in [0.15, 0.2) is 107 Å². The normalized spacial score (nSPS) is 11.1. The summed E-state index contributed by atoms with van der Waals surface area (Å²) < 4.78 is 0.